The van der Waals surface area contributed by atoms with Crippen LogP contribution in [0, 0.1) is 0 Å². The second-order valence-corrected chi connectivity index (χ2v) is 5.58. The Balaban J connectivity index is 1.54. The van der Waals surface area contributed by atoms with Gasteiger partial charge in [-0.05, 0) is 6.42 Å². The molecule has 3 aromatic heterocycles. The van der Waals surface area contributed by atoms with Gasteiger partial charge in [-0.2, -0.15) is 10.2 Å². The van der Waals surface area contributed by atoms with Gasteiger partial charge in [0.05, 0.1) is 17.6 Å². The van der Waals surface area contributed by atoms with Crippen molar-refractivity contribution in [3.63, 3.8) is 0 Å². The number of aromatic nitrogens is 6. The molecular weight excluding hydrogens is 296 g/mol. The predicted molar refractivity (Wildman–Crippen MR) is 84.1 cm³/mol. The summed E-state index contributed by atoms with van der Waals surface area (Å²) in [6, 6.07) is 2.05. The zero-order valence-electron chi connectivity index (χ0n) is 12.6. The van der Waals surface area contributed by atoms with Crippen molar-refractivity contribution in [2.45, 2.75) is 19.4 Å². The average Bonchev–Trinajstić information content (AvgIpc) is 3.26. The van der Waals surface area contributed by atoms with Crippen molar-refractivity contribution in [1.29, 1.82) is 0 Å². The fourth-order valence-corrected chi connectivity index (χ4v) is 2.94. The Bertz CT molecular complexity index is 853. The second-order valence-electron chi connectivity index (χ2n) is 5.58. The summed E-state index contributed by atoms with van der Waals surface area (Å²) in [5, 5.41) is 14.9. The molecule has 4 heterocycles. The minimum absolute atomic E-state index is 0.119. The third kappa shape index (κ3) is 2.50. The van der Waals surface area contributed by atoms with Crippen LogP contribution in [0.5, 0.6) is 0 Å². The molecule has 0 aromatic carbocycles. The van der Waals surface area contributed by atoms with Gasteiger partial charge in [-0.3, -0.25) is 14.6 Å². The van der Waals surface area contributed by atoms with E-state index in [4.69, 9.17) is 0 Å². The standard InChI is InChI=1S/C14H16N8O/c1-9(23)18-12-3-5-22(20-12)10-2-4-21(7-10)14-11-6-17-19-13(11)15-8-16-14/h3,5-6,8,10H,2,4,7H2,1H3,(H,18,20,23)(H,15,16,17,19)/t10-/m1/s1. The van der Waals surface area contributed by atoms with Crippen molar-refractivity contribution in [2.75, 3.05) is 23.3 Å². The van der Waals surface area contributed by atoms with Gasteiger partial charge in [0, 0.05) is 32.3 Å². The van der Waals surface area contributed by atoms with Crippen LogP contribution in [0.1, 0.15) is 19.4 Å². The molecule has 23 heavy (non-hydrogen) atoms. The van der Waals surface area contributed by atoms with Crippen molar-refractivity contribution in [3.8, 4) is 0 Å². The van der Waals surface area contributed by atoms with Crippen LogP contribution in [-0.4, -0.2) is 48.9 Å². The van der Waals surface area contributed by atoms with Gasteiger partial charge in [0.25, 0.3) is 0 Å². The number of nitrogens with one attached hydrogen (secondary N) is 2. The Hall–Kier alpha value is -2.97. The van der Waals surface area contributed by atoms with Crippen LogP contribution in [0.25, 0.3) is 11.0 Å². The number of fused-ring (bicyclic) bond motifs is 1. The lowest BCUT2D eigenvalue weighted by molar-refractivity contribution is -0.114. The van der Waals surface area contributed by atoms with Crippen LogP contribution >= 0.6 is 0 Å². The monoisotopic (exact) mass is 312 g/mol. The minimum atomic E-state index is -0.119. The van der Waals surface area contributed by atoms with Crippen LogP contribution in [0.4, 0.5) is 11.6 Å². The lowest BCUT2D eigenvalue weighted by atomic mass is 10.3. The average molecular weight is 312 g/mol. The molecule has 0 spiro atoms. The highest BCUT2D eigenvalue weighted by Gasteiger charge is 2.27. The van der Waals surface area contributed by atoms with Gasteiger partial charge in [-0.1, -0.05) is 0 Å². The first-order chi connectivity index (χ1) is 11.2. The minimum Gasteiger partial charge on any atom is -0.354 e. The molecule has 1 amide bonds. The zero-order valence-corrected chi connectivity index (χ0v) is 12.6. The van der Waals surface area contributed by atoms with Crippen LogP contribution < -0.4 is 10.2 Å². The molecule has 1 aliphatic rings. The molecule has 1 atom stereocenters. The first kappa shape index (κ1) is 13.7. The van der Waals surface area contributed by atoms with Gasteiger partial charge >= 0.3 is 0 Å². The van der Waals surface area contributed by atoms with Crippen LogP contribution in [-0.2, 0) is 4.79 Å². The largest absolute Gasteiger partial charge is 0.354 e. The molecule has 118 valence electrons. The molecule has 9 heteroatoms. The van der Waals surface area contributed by atoms with Crippen molar-refractivity contribution < 1.29 is 4.79 Å². The molecule has 4 rings (SSSR count). The number of anilines is 2. The molecule has 1 fully saturated rings. The highest BCUT2D eigenvalue weighted by molar-refractivity contribution is 5.87. The number of H-pyrrole nitrogens is 1. The number of hydrogen-bond acceptors (Lipinski definition) is 6. The van der Waals surface area contributed by atoms with E-state index in [1.807, 2.05) is 16.9 Å². The Morgan fingerprint density at radius 3 is 3.22 bits per heavy atom. The second kappa shape index (κ2) is 5.34. The maximum absolute atomic E-state index is 11.1. The summed E-state index contributed by atoms with van der Waals surface area (Å²) in [6.45, 7) is 3.16. The lowest BCUT2D eigenvalue weighted by Gasteiger charge is -2.17. The first-order valence-electron chi connectivity index (χ1n) is 7.42. The summed E-state index contributed by atoms with van der Waals surface area (Å²) in [5.41, 5.74) is 0.741. The Morgan fingerprint density at radius 1 is 1.43 bits per heavy atom. The van der Waals surface area contributed by atoms with E-state index in [1.165, 1.54) is 6.92 Å². The third-order valence-electron chi connectivity index (χ3n) is 3.98. The molecule has 3 aromatic rings. The predicted octanol–water partition coefficient (Wildman–Crippen LogP) is 0.959. The van der Waals surface area contributed by atoms with Crippen LogP contribution in [0.2, 0.25) is 0 Å². The molecule has 0 saturated carbocycles. The van der Waals surface area contributed by atoms with E-state index in [1.54, 1.807) is 12.5 Å². The Labute approximate surface area is 131 Å². The van der Waals surface area contributed by atoms with Crippen molar-refractivity contribution >= 4 is 28.6 Å². The molecule has 0 radical (unpaired) electrons. The number of carbonyl (C=O) groups is 1. The Morgan fingerprint density at radius 2 is 2.35 bits per heavy atom. The molecule has 0 aliphatic carbocycles. The highest BCUT2D eigenvalue weighted by atomic mass is 16.1. The van der Waals surface area contributed by atoms with Gasteiger partial charge in [0.2, 0.25) is 5.91 Å². The fourth-order valence-electron chi connectivity index (χ4n) is 2.94. The van der Waals surface area contributed by atoms with Crippen molar-refractivity contribution in [1.82, 2.24) is 29.9 Å². The van der Waals surface area contributed by atoms with Crippen molar-refractivity contribution in [2.24, 2.45) is 0 Å². The fraction of sp³-hybridized carbons (Fsp3) is 0.357. The molecule has 0 unspecified atom stereocenters. The van der Waals surface area contributed by atoms with Gasteiger partial charge < -0.3 is 10.2 Å². The quantitative estimate of drug-likeness (QED) is 0.746. The summed E-state index contributed by atoms with van der Waals surface area (Å²) in [6.07, 6.45) is 6.16. The van der Waals surface area contributed by atoms with Gasteiger partial charge in [-0.25, -0.2) is 9.97 Å². The number of rotatable bonds is 3. The molecular formula is C14H16N8O. The van der Waals surface area contributed by atoms with E-state index in [0.29, 0.717) is 5.82 Å². The van der Waals surface area contributed by atoms with Crippen LogP contribution in [0.3, 0.4) is 0 Å². The Kier molecular flexibility index (Phi) is 3.18. The number of aromatic amines is 1. The molecule has 1 saturated heterocycles. The summed E-state index contributed by atoms with van der Waals surface area (Å²) in [7, 11) is 0. The number of carbonyl (C=O) groups excluding carboxylic acids is 1. The smallest absolute Gasteiger partial charge is 0.222 e. The van der Waals surface area contributed by atoms with E-state index in [0.717, 1.165) is 36.4 Å². The molecule has 1 aliphatic heterocycles. The molecule has 2 N–H and O–H groups in total. The summed E-state index contributed by atoms with van der Waals surface area (Å²) < 4.78 is 1.90. The molecule has 9 nitrogen and oxygen atoms in total. The SMILES string of the molecule is CC(=O)Nc1ccn([C@@H]2CCN(c3ncnc4[nH]ncc34)C2)n1. The molecule has 0 bridgehead atoms. The third-order valence-corrected chi connectivity index (χ3v) is 3.98. The van der Waals surface area contributed by atoms with E-state index < -0.39 is 0 Å². The lowest BCUT2D eigenvalue weighted by Crippen LogP contribution is -2.22. The van der Waals surface area contributed by atoms with E-state index in [9.17, 15) is 4.79 Å². The van der Waals surface area contributed by atoms with Crippen molar-refractivity contribution in [3.05, 3.63) is 24.8 Å². The number of amides is 1. The normalized spacial score (nSPS) is 17.8. The maximum Gasteiger partial charge on any atom is 0.222 e. The van der Waals surface area contributed by atoms with E-state index >= 15 is 0 Å². The van der Waals surface area contributed by atoms with E-state index in [2.05, 4.69) is 35.5 Å². The zero-order chi connectivity index (χ0) is 15.8. The maximum atomic E-state index is 11.1. The summed E-state index contributed by atoms with van der Waals surface area (Å²) in [5.74, 6) is 1.35. The van der Waals surface area contributed by atoms with E-state index in [-0.39, 0.29) is 11.9 Å². The summed E-state index contributed by atoms with van der Waals surface area (Å²) >= 11 is 0. The van der Waals surface area contributed by atoms with Gasteiger partial charge in [-0.15, -0.1) is 0 Å². The highest BCUT2D eigenvalue weighted by Crippen LogP contribution is 2.29. The number of nitrogens with zero attached hydrogens (tertiary/aromatic N) is 6. The van der Waals surface area contributed by atoms with Gasteiger partial charge in [0.1, 0.15) is 12.1 Å². The summed E-state index contributed by atoms with van der Waals surface area (Å²) in [4.78, 5) is 21.9. The van der Waals surface area contributed by atoms with Gasteiger partial charge in [0.15, 0.2) is 11.5 Å². The first-order valence-corrected chi connectivity index (χ1v) is 7.42. The number of hydrogen-bond donors (Lipinski definition) is 2. The van der Waals surface area contributed by atoms with Crippen LogP contribution in [0.15, 0.2) is 24.8 Å². The topological polar surface area (TPSA) is 105 Å².